The number of aliphatic imine (C=N–C) groups is 1. The number of carbonyl (C=O) groups is 1. The summed E-state index contributed by atoms with van der Waals surface area (Å²) < 4.78 is 5.61. The number of ether oxygens (including phenoxy) is 1. The van der Waals surface area contributed by atoms with Crippen LogP contribution in [-0.4, -0.2) is 35.5 Å². The number of hydrogen-bond acceptors (Lipinski definition) is 3. The minimum Gasteiger partial charge on any atom is -0.459 e. The number of fused-ring (bicyclic) bond motifs is 3. The lowest BCUT2D eigenvalue weighted by Gasteiger charge is -2.23. The lowest BCUT2D eigenvalue weighted by Crippen LogP contribution is -2.38. The van der Waals surface area contributed by atoms with Crippen molar-refractivity contribution in [1.82, 2.24) is 4.90 Å². The van der Waals surface area contributed by atoms with E-state index in [2.05, 4.69) is 9.89 Å². The largest absolute Gasteiger partial charge is 0.459 e. The van der Waals surface area contributed by atoms with Crippen molar-refractivity contribution in [2.45, 2.75) is 37.8 Å². The molecule has 1 saturated carbocycles. The topological polar surface area (TPSA) is 41.9 Å². The summed E-state index contributed by atoms with van der Waals surface area (Å²) >= 11 is 0. The standard InChI is InChI=1S/C9H12N2O2/c12-8-4-5-11-6-2-1-3-7(6)13-9(11)10-8/h6-7H,1-5H2. The van der Waals surface area contributed by atoms with Crippen LogP contribution in [0, 0.1) is 0 Å². The predicted octanol–water partition coefficient (Wildman–Crippen LogP) is 0.526. The van der Waals surface area contributed by atoms with E-state index in [0.717, 1.165) is 13.0 Å². The highest BCUT2D eigenvalue weighted by Gasteiger charge is 2.44. The van der Waals surface area contributed by atoms with E-state index in [9.17, 15) is 4.79 Å². The van der Waals surface area contributed by atoms with E-state index in [-0.39, 0.29) is 5.91 Å². The zero-order valence-corrected chi connectivity index (χ0v) is 7.40. The van der Waals surface area contributed by atoms with Gasteiger partial charge in [-0.2, -0.15) is 4.99 Å². The van der Waals surface area contributed by atoms with Gasteiger partial charge in [0.05, 0.1) is 6.04 Å². The van der Waals surface area contributed by atoms with Gasteiger partial charge in [-0.25, -0.2) is 0 Å². The first-order chi connectivity index (χ1) is 6.34. The molecular weight excluding hydrogens is 168 g/mol. The van der Waals surface area contributed by atoms with Crippen LogP contribution >= 0.6 is 0 Å². The molecule has 0 aromatic rings. The zero-order chi connectivity index (χ0) is 8.84. The summed E-state index contributed by atoms with van der Waals surface area (Å²) in [5.74, 6) is -0.0359. The quantitative estimate of drug-likeness (QED) is 0.546. The summed E-state index contributed by atoms with van der Waals surface area (Å²) in [6.07, 6.45) is 4.42. The van der Waals surface area contributed by atoms with Crippen LogP contribution in [0.25, 0.3) is 0 Å². The summed E-state index contributed by atoms with van der Waals surface area (Å²) in [6.45, 7) is 0.804. The second-order valence-corrected chi connectivity index (χ2v) is 3.89. The Labute approximate surface area is 76.6 Å². The van der Waals surface area contributed by atoms with Gasteiger partial charge in [-0.3, -0.25) is 4.79 Å². The fourth-order valence-corrected chi connectivity index (χ4v) is 2.48. The Hall–Kier alpha value is -1.06. The Balaban J connectivity index is 1.91. The van der Waals surface area contributed by atoms with Crippen LogP contribution in [0.3, 0.4) is 0 Å². The number of nitrogens with zero attached hydrogens (tertiary/aromatic N) is 2. The van der Waals surface area contributed by atoms with Gasteiger partial charge in [-0.15, -0.1) is 0 Å². The van der Waals surface area contributed by atoms with Crippen LogP contribution in [0.1, 0.15) is 25.7 Å². The number of carbonyl (C=O) groups excluding carboxylic acids is 1. The third kappa shape index (κ3) is 0.975. The fraction of sp³-hybridized carbons (Fsp3) is 0.778. The molecule has 3 aliphatic rings. The van der Waals surface area contributed by atoms with E-state index < -0.39 is 0 Å². The first-order valence-electron chi connectivity index (χ1n) is 4.89. The molecular formula is C9H12N2O2. The molecule has 2 unspecified atom stereocenters. The van der Waals surface area contributed by atoms with Crippen molar-refractivity contribution in [3.63, 3.8) is 0 Å². The highest BCUT2D eigenvalue weighted by molar-refractivity contribution is 5.93. The third-order valence-electron chi connectivity index (χ3n) is 3.11. The van der Waals surface area contributed by atoms with E-state index in [0.29, 0.717) is 24.6 Å². The maximum absolute atomic E-state index is 11.0. The molecule has 0 radical (unpaired) electrons. The monoisotopic (exact) mass is 180 g/mol. The number of rotatable bonds is 0. The predicted molar refractivity (Wildman–Crippen MR) is 46.3 cm³/mol. The second kappa shape index (κ2) is 2.47. The molecule has 2 fully saturated rings. The molecule has 2 aliphatic heterocycles. The van der Waals surface area contributed by atoms with Gasteiger partial charge in [-0.05, 0) is 19.3 Å². The fourth-order valence-electron chi connectivity index (χ4n) is 2.48. The number of amides is 1. The van der Waals surface area contributed by atoms with Gasteiger partial charge in [-0.1, -0.05) is 0 Å². The van der Waals surface area contributed by atoms with Crippen LogP contribution in [-0.2, 0) is 9.53 Å². The SMILES string of the molecule is O=C1CCN2C(=N1)OC1CCCC12. The lowest BCUT2D eigenvalue weighted by molar-refractivity contribution is -0.118. The van der Waals surface area contributed by atoms with Gasteiger partial charge in [0.25, 0.3) is 11.9 Å². The Kier molecular flexibility index (Phi) is 1.39. The summed E-state index contributed by atoms with van der Waals surface area (Å²) in [6, 6.07) is 1.10. The van der Waals surface area contributed by atoms with Crippen LogP contribution in [0.4, 0.5) is 0 Å². The molecule has 70 valence electrons. The van der Waals surface area contributed by atoms with Crippen LogP contribution in [0.5, 0.6) is 0 Å². The van der Waals surface area contributed by atoms with Gasteiger partial charge < -0.3 is 9.64 Å². The van der Waals surface area contributed by atoms with E-state index >= 15 is 0 Å². The van der Waals surface area contributed by atoms with Gasteiger partial charge >= 0.3 is 0 Å². The summed E-state index contributed by atoms with van der Waals surface area (Å²) in [5, 5.41) is 0. The van der Waals surface area contributed by atoms with Crippen molar-refractivity contribution in [2.75, 3.05) is 6.54 Å². The summed E-state index contributed by atoms with van der Waals surface area (Å²) in [4.78, 5) is 17.1. The summed E-state index contributed by atoms with van der Waals surface area (Å²) in [5.41, 5.74) is 0. The van der Waals surface area contributed by atoms with E-state index in [4.69, 9.17) is 4.74 Å². The minimum absolute atomic E-state index is 0.0359. The first kappa shape index (κ1) is 7.35. The molecule has 3 rings (SSSR count). The molecule has 4 nitrogen and oxygen atoms in total. The van der Waals surface area contributed by atoms with Gasteiger partial charge in [0.1, 0.15) is 6.10 Å². The van der Waals surface area contributed by atoms with E-state index in [1.807, 2.05) is 0 Å². The molecule has 0 aromatic carbocycles. The van der Waals surface area contributed by atoms with Crippen molar-refractivity contribution in [2.24, 2.45) is 4.99 Å². The molecule has 0 bridgehead atoms. The Morgan fingerprint density at radius 2 is 2.38 bits per heavy atom. The number of amidine groups is 1. The molecule has 13 heavy (non-hydrogen) atoms. The summed E-state index contributed by atoms with van der Waals surface area (Å²) in [7, 11) is 0. The molecule has 0 aromatic heterocycles. The molecule has 1 aliphatic carbocycles. The lowest BCUT2D eigenvalue weighted by atomic mass is 10.2. The third-order valence-corrected chi connectivity index (χ3v) is 3.11. The van der Waals surface area contributed by atoms with Gasteiger partial charge in [0.2, 0.25) is 0 Å². The van der Waals surface area contributed by atoms with Crippen LogP contribution < -0.4 is 0 Å². The molecule has 2 heterocycles. The second-order valence-electron chi connectivity index (χ2n) is 3.89. The number of hydrogen-bond donors (Lipinski definition) is 0. The van der Waals surface area contributed by atoms with Crippen molar-refractivity contribution < 1.29 is 9.53 Å². The average Bonchev–Trinajstić information content (AvgIpc) is 2.62. The maximum Gasteiger partial charge on any atom is 0.295 e. The first-order valence-corrected chi connectivity index (χ1v) is 4.89. The highest BCUT2D eigenvalue weighted by Crippen LogP contribution is 2.34. The molecule has 4 heteroatoms. The normalized spacial score (nSPS) is 36.8. The van der Waals surface area contributed by atoms with Crippen molar-refractivity contribution >= 4 is 11.9 Å². The van der Waals surface area contributed by atoms with Gasteiger partial charge in [0, 0.05) is 13.0 Å². The molecule has 0 spiro atoms. The van der Waals surface area contributed by atoms with Crippen LogP contribution in [0.2, 0.25) is 0 Å². The Morgan fingerprint density at radius 3 is 3.31 bits per heavy atom. The Morgan fingerprint density at radius 1 is 1.46 bits per heavy atom. The van der Waals surface area contributed by atoms with E-state index in [1.165, 1.54) is 12.8 Å². The van der Waals surface area contributed by atoms with Crippen LogP contribution in [0.15, 0.2) is 4.99 Å². The average molecular weight is 180 g/mol. The van der Waals surface area contributed by atoms with Crippen molar-refractivity contribution in [1.29, 1.82) is 0 Å². The molecule has 2 atom stereocenters. The molecule has 1 saturated heterocycles. The van der Waals surface area contributed by atoms with Crippen molar-refractivity contribution in [3.8, 4) is 0 Å². The van der Waals surface area contributed by atoms with E-state index in [1.54, 1.807) is 0 Å². The Bertz CT molecular complexity index is 287. The van der Waals surface area contributed by atoms with Gasteiger partial charge in [0.15, 0.2) is 0 Å². The molecule has 1 amide bonds. The maximum atomic E-state index is 11.0. The molecule has 0 N–H and O–H groups in total. The smallest absolute Gasteiger partial charge is 0.295 e. The van der Waals surface area contributed by atoms with Crippen molar-refractivity contribution in [3.05, 3.63) is 0 Å². The zero-order valence-electron chi connectivity index (χ0n) is 7.40. The highest BCUT2D eigenvalue weighted by atomic mass is 16.5. The minimum atomic E-state index is -0.0359.